The lowest BCUT2D eigenvalue weighted by Crippen LogP contribution is -2.41. The van der Waals surface area contributed by atoms with E-state index in [1.165, 1.54) is 11.1 Å². The molecule has 1 N–H and O–H groups in total. The minimum Gasteiger partial charge on any atom is -0.482 e. The Kier molecular flexibility index (Phi) is 8.75. The molecule has 0 spiro atoms. The van der Waals surface area contributed by atoms with Crippen LogP contribution in [0.25, 0.3) is 0 Å². The van der Waals surface area contributed by atoms with Gasteiger partial charge in [-0.05, 0) is 88.1 Å². The molecule has 6 heteroatoms. The molecular formula is C27H35NO5. The predicted molar refractivity (Wildman–Crippen MR) is 127 cm³/mol. The number of hydrogen-bond acceptors (Lipinski definition) is 5. The van der Waals surface area contributed by atoms with Crippen molar-refractivity contribution in [3.8, 4) is 5.75 Å². The van der Waals surface area contributed by atoms with Gasteiger partial charge in [0.2, 0.25) is 0 Å². The fourth-order valence-electron chi connectivity index (χ4n) is 4.09. The zero-order chi connectivity index (χ0) is 23.7. The van der Waals surface area contributed by atoms with Crippen molar-refractivity contribution >= 4 is 12.1 Å². The molecule has 3 rings (SSSR count). The summed E-state index contributed by atoms with van der Waals surface area (Å²) in [5, 5.41) is 3.06. The van der Waals surface area contributed by atoms with Gasteiger partial charge in [-0.3, -0.25) is 0 Å². The van der Waals surface area contributed by atoms with Gasteiger partial charge in [-0.15, -0.1) is 0 Å². The molecule has 1 unspecified atom stereocenters. The number of nitrogens with one attached hydrogen (secondary N) is 1. The van der Waals surface area contributed by atoms with E-state index < -0.39 is 5.60 Å². The molecule has 2 aromatic carbocycles. The number of hydrogen-bond donors (Lipinski definition) is 1. The topological polar surface area (TPSA) is 73.9 Å². The molecule has 0 fully saturated rings. The van der Waals surface area contributed by atoms with E-state index in [2.05, 4.69) is 17.4 Å². The van der Waals surface area contributed by atoms with Crippen molar-refractivity contribution in [3.05, 3.63) is 65.2 Å². The average Bonchev–Trinajstić information content (AvgIpc) is 2.98. The van der Waals surface area contributed by atoms with Crippen molar-refractivity contribution < 1.29 is 23.8 Å². The highest BCUT2D eigenvalue weighted by Gasteiger charge is 2.25. The second-order valence-corrected chi connectivity index (χ2v) is 9.10. The molecule has 1 aliphatic carbocycles. The van der Waals surface area contributed by atoms with Crippen molar-refractivity contribution in [2.75, 3.05) is 13.2 Å². The molecule has 0 aliphatic heterocycles. The summed E-state index contributed by atoms with van der Waals surface area (Å²) in [7, 11) is 0. The number of fused-ring (bicyclic) bond motifs is 1. The normalized spacial score (nSPS) is 15.7. The Morgan fingerprint density at radius 3 is 2.64 bits per heavy atom. The quantitative estimate of drug-likeness (QED) is 0.427. The van der Waals surface area contributed by atoms with E-state index in [0.717, 1.165) is 37.7 Å². The highest BCUT2D eigenvalue weighted by Crippen LogP contribution is 2.26. The van der Waals surface area contributed by atoms with Crippen LogP contribution >= 0.6 is 0 Å². The summed E-state index contributed by atoms with van der Waals surface area (Å²) in [6.07, 6.45) is 4.74. The molecule has 0 saturated carbocycles. The Hall–Kier alpha value is -3.02. The van der Waals surface area contributed by atoms with E-state index >= 15 is 0 Å². The van der Waals surface area contributed by atoms with Crippen LogP contribution < -0.4 is 10.1 Å². The largest absolute Gasteiger partial charge is 0.482 e. The van der Waals surface area contributed by atoms with Gasteiger partial charge in [0.15, 0.2) is 6.61 Å². The number of ether oxygens (including phenoxy) is 3. The van der Waals surface area contributed by atoms with Crippen LogP contribution in [-0.4, -0.2) is 36.9 Å². The maximum atomic E-state index is 12.7. The van der Waals surface area contributed by atoms with Crippen molar-refractivity contribution in [2.45, 2.75) is 70.9 Å². The second-order valence-electron chi connectivity index (χ2n) is 9.10. The van der Waals surface area contributed by atoms with Crippen LogP contribution in [0, 0.1) is 0 Å². The summed E-state index contributed by atoms with van der Waals surface area (Å²) in [5.74, 6) is 0.247. The molecule has 1 aliphatic rings. The Labute approximate surface area is 196 Å². The number of benzene rings is 2. The Bertz CT molecular complexity index is 925. The van der Waals surface area contributed by atoms with Crippen LogP contribution in [-0.2, 0) is 33.5 Å². The van der Waals surface area contributed by atoms with Crippen LogP contribution in [0.15, 0.2) is 48.5 Å². The fourth-order valence-corrected chi connectivity index (χ4v) is 4.09. The molecule has 0 radical (unpaired) electrons. The minimum absolute atomic E-state index is 0.0102. The number of aryl methyl sites for hydroxylation is 2. The van der Waals surface area contributed by atoms with Gasteiger partial charge in [-0.1, -0.05) is 36.4 Å². The van der Waals surface area contributed by atoms with Crippen LogP contribution in [0.5, 0.6) is 5.75 Å². The SMILES string of the molecule is CCOC(=O)COc1ccc2c(c1)CC(NC(=O)OC(C)(C)CCc1ccccc1)CCC2. The summed E-state index contributed by atoms with van der Waals surface area (Å²) >= 11 is 0. The zero-order valence-corrected chi connectivity index (χ0v) is 19.9. The first-order valence-electron chi connectivity index (χ1n) is 11.8. The molecule has 1 amide bonds. The van der Waals surface area contributed by atoms with Crippen LogP contribution in [0.4, 0.5) is 4.79 Å². The van der Waals surface area contributed by atoms with Crippen LogP contribution in [0.1, 0.15) is 56.7 Å². The third-order valence-corrected chi connectivity index (χ3v) is 5.85. The van der Waals surface area contributed by atoms with Gasteiger partial charge in [-0.2, -0.15) is 0 Å². The van der Waals surface area contributed by atoms with E-state index in [0.29, 0.717) is 18.8 Å². The van der Waals surface area contributed by atoms with E-state index in [4.69, 9.17) is 14.2 Å². The molecular weight excluding hydrogens is 418 g/mol. The first-order valence-corrected chi connectivity index (χ1v) is 11.8. The van der Waals surface area contributed by atoms with Crippen molar-refractivity contribution in [2.24, 2.45) is 0 Å². The van der Waals surface area contributed by atoms with E-state index in [1.54, 1.807) is 6.92 Å². The maximum Gasteiger partial charge on any atom is 0.407 e. The molecule has 1 atom stereocenters. The zero-order valence-electron chi connectivity index (χ0n) is 19.9. The van der Waals surface area contributed by atoms with E-state index in [-0.39, 0.29) is 24.7 Å². The Balaban J connectivity index is 1.53. The predicted octanol–water partition coefficient (Wildman–Crippen LogP) is 5.01. The van der Waals surface area contributed by atoms with Gasteiger partial charge in [0.25, 0.3) is 0 Å². The summed E-state index contributed by atoms with van der Waals surface area (Å²) < 4.78 is 16.3. The fraction of sp³-hybridized carbons (Fsp3) is 0.481. The number of esters is 1. The monoisotopic (exact) mass is 453 g/mol. The number of amides is 1. The summed E-state index contributed by atoms with van der Waals surface area (Å²) in [6, 6.07) is 16.1. The molecule has 0 aromatic heterocycles. The minimum atomic E-state index is -0.559. The molecule has 0 bridgehead atoms. The van der Waals surface area contributed by atoms with E-state index in [1.807, 2.05) is 50.2 Å². The van der Waals surface area contributed by atoms with E-state index in [9.17, 15) is 9.59 Å². The number of rotatable bonds is 9. The van der Waals surface area contributed by atoms with Gasteiger partial charge in [-0.25, -0.2) is 9.59 Å². The lowest BCUT2D eigenvalue weighted by atomic mass is 9.98. The molecule has 178 valence electrons. The van der Waals surface area contributed by atoms with Crippen LogP contribution in [0.2, 0.25) is 0 Å². The van der Waals surface area contributed by atoms with Gasteiger partial charge >= 0.3 is 12.1 Å². The van der Waals surface area contributed by atoms with Gasteiger partial charge < -0.3 is 19.5 Å². The highest BCUT2D eigenvalue weighted by molar-refractivity contribution is 5.71. The average molecular weight is 454 g/mol. The Morgan fingerprint density at radius 1 is 1.09 bits per heavy atom. The first-order chi connectivity index (χ1) is 15.8. The molecule has 2 aromatic rings. The van der Waals surface area contributed by atoms with Gasteiger partial charge in [0.05, 0.1) is 6.61 Å². The Morgan fingerprint density at radius 2 is 1.88 bits per heavy atom. The number of alkyl carbamates (subject to hydrolysis) is 1. The van der Waals surface area contributed by atoms with Crippen molar-refractivity contribution in [1.82, 2.24) is 5.32 Å². The summed E-state index contributed by atoms with van der Waals surface area (Å²) in [4.78, 5) is 24.2. The lowest BCUT2D eigenvalue weighted by Gasteiger charge is -2.27. The lowest BCUT2D eigenvalue weighted by molar-refractivity contribution is -0.145. The standard InChI is InChI=1S/C27H35NO5/c1-4-31-25(29)19-32-24-14-13-21-11-8-12-23(17-22(21)18-24)28-26(30)33-27(2,3)16-15-20-9-6-5-7-10-20/h5-7,9-10,13-14,18,23H,4,8,11-12,15-17,19H2,1-3H3,(H,28,30). The first kappa shape index (κ1) is 24.6. The van der Waals surface area contributed by atoms with Crippen LogP contribution in [0.3, 0.4) is 0 Å². The third-order valence-electron chi connectivity index (χ3n) is 5.85. The molecule has 0 saturated heterocycles. The maximum absolute atomic E-state index is 12.7. The molecule has 33 heavy (non-hydrogen) atoms. The highest BCUT2D eigenvalue weighted by atomic mass is 16.6. The second kappa shape index (κ2) is 11.7. The van der Waals surface area contributed by atoms with Gasteiger partial charge in [0, 0.05) is 6.04 Å². The third kappa shape index (κ3) is 8.12. The number of carbonyl (C=O) groups is 2. The van der Waals surface area contributed by atoms with Crippen molar-refractivity contribution in [3.63, 3.8) is 0 Å². The summed E-state index contributed by atoms with van der Waals surface area (Å²) in [6.45, 7) is 5.89. The molecule has 0 heterocycles. The summed E-state index contributed by atoms with van der Waals surface area (Å²) in [5.41, 5.74) is 3.05. The molecule has 6 nitrogen and oxygen atoms in total. The van der Waals surface area contributed by atoms with Crippen molar-refractivity contribution in [1.29, 1.82) is 0 Å². The van der Waals surface area contributed by atoms with Gasteiger partial charge in [0.1, 0.15) is 11.4 Å². The number of carbonyl (C=O) groups excluding carboxylic acids is 2. The smallest absolute Gasteiger partial charge is 0.407 e.